The third-order valence-electron chi connectivity index (χ3n) is 5.52. The van der Waals surface area contributed by atoms with Gasteiger partial charge in [0.05, 0.1) is 10.7 Å². The number of nitrogens with one attached hydrogen (secondary N) is 1. The summed E-state index contributed by atoms with van der Waals surface area (Å²) in [6.45, 7) is 1.70. The predicted octanol–water partition coefficient (Wildman–Crippen LogP) is 3.99. The van der Waals surface area contributed by atoms with Crippen molar-refractivity contribution < 1.29 is 36.0 Å². The fourth-order valence-corrected chi connectivity index (χ4v) is 5.21. The quantitative estimate of drug-likeness (QED) is 0.463. The maximum absolute atomic E-state index is 14.9. The standard InChI is InChI=1S/C21H20ClF4N5O4S/c1-11-14(35-19-15(7-12(22)9-27-19)34-10-21(24,25)26)8-13(23)17-28-16(30-31(11)17)18(32)29-20(2)3-5-36(33)6-4-20/h7-9H,3-6,10H2,1-2H3,(H,29,32). The molecule has 9 nitrogen and oxygen atoms in total. The molecule has 1 aliphatic rings. The lowest BCUT2D eigenvalue weighted by Gasteiger charge is -2.33. The summed E-state index contributed by atoms with van der Waals surface area (Å²) in [7, 11) is -0.921. The lowest BCUT2D eigenvalue weighted by Crippen LogP contribution is -2.50. The van der Waals surface area contributed by atoms with E-state index in [2.05, 4.69) is 20.4 Å². The summed E-state index contributed by atoms with van der Waals surface area (Å²) < 4.78 is 75.7. The van der Waals surface area contributed by atoms with Gasteiger partial charge >= 0.3 is 6.18 Å². The van der Waals surface area contributed by atoms with Crippen LogP contribution in [0.15, 0.2) is 18.3 Å². The maximum atomic E-state index is 14.9. The molecule has 36 heavy (non-hydrogen) atoms. The largest absolute Gasteiger partial charge is 0.478 e. The molecule has 4 rings (SSSR count). The molecule has 0 aliphatic carbocycles. The first-order valence-corrected chi connectivity index (χ1v) is 12.5. The molecule has 1 fully saturated rings. The smallest absolute Gasteiger partial charge is 0.422 e. The number of carbonyl (C=O) groups excluding carboxylic acids is 1. The number of rotatable bonds is 6. The summed E-state index contributed by atoms with van der Waals surface area (Å²) >= 11 is 5.81. The van der Waals surface area contributed by atoms with E-state index in [4.69, 9.17) is 21.1 Å². The van der Waals surface area contributed by atoms with Crippen LogP contribution < -0.4 is 14.8 Å². The number of hydrogen-bond acceptors (Lipinski definition) is 7. The molecular formula is C21H20ClF4N5O4S. The molecule has 0 aromatic carbocycles. The van der Waals surface area contributed by atoms with E-state index in [0.29, 0.717) is 24.3 Å². The molecule has 0 unspecified atom stereocenters. The van der Waals surface area contributed by atoms with E-state index in [1.54, 1.807) is 0 Å². The van der Waals surface area contributed by atoms with Crippen LogP contribution in [-0.4, -0.2) is 59.5 Å². The van der Waals surface area contributed by atoms with Gasteiger partial charge in [0.15, 0.2) is 29.6 Å². The Balaban J connectivity index is 1.61. The average molecular weight is 550 g/mol. The summed E-state index contributed by atoms with van der Waals surface area (Å²) in [6, 6.07) is 2.03. The van der Waals surface area contributed by atoms with Gasteiger partial charge in [-0.25, -0.2) is 13.9 Å². The number of nitrogens with zero attached hydrogens (tertiary/aromatic N) is 4. The second kappa shape index (κ2) is 9.81. The summed E-state index contributed by atoms with van der Waals surface area (Å²) in [5.74, 6) is -1.84. The molecule has 0 saturated carbocycles. The highest BCUT2D eigenvalue weighted by Gasteiger charge is 2.33. The van der Waals surface area contributed by atoms with Gasteiger partial charge in [0.2, 0.25) is 5.82 Å². The maximum Gasteiger partial charge on any atom is 0.422 e. The van der Waals surface area contributed by atoms with E-state index >= 15 is 0 Å². The third-order valence-corrected chi connectivity index (χ3v) is 7.04. The fourth-order valence-electron chi connectivity index (χ4n) is 3.50. The van der Waals surface area contributed by atoms with Crippen LogP contribution in [0.25, 0.3) is 5.65 Å². The van der Waals surface area contributed by atoms with Gasteiger partial charge in [-0.1, -0.05) is 11.6 Å². The predicted molar refractivity (Wildman–Crippen MR) is 122 cm³/mol. The molecule has 0 atom stereocenters. The lowest BCUT2D eigenvalue weighted by molar-refractivity contribution is -0.153. The number of hydrogen-bond donors (Lipinski definition) is 1. The van der Waals surface area contributed by atoms with Crippen LogP contribution >= 0.6 is 11.6 Å². The zero-order valence-corrected chi connectivity index (χ0v) is 20.6. The molecule has 194 valence electrons. The van der Waals surface area contributed by atoms with Crippen molar-refractivity contribution in [1.82, 2.24) is 24.9 Å². The van der Waals surface area contributed by atoms with Crippen LogP contribution in [0, 0.1) is 12.7 Å². The Labute approximate surface area is 209 Å². The Hall–Kier alpha value is -3.00. The number of aromatic nitrogens is 4. The van der Waals surface area contributed by atoms with Crippen LogP contribution in [0.1, 0.15) is 36.1 Å². The molecule has 3 aromatic rings. The first-order chi connectivity index (χ1) is 16.8. The van der Waals surface area contributed by atoms with Gasteiger partial charge in [0.1, 0.15) is 0 Å². The van der Waals surface area contributed by atoms with Crippen molar-refractivity contribution in [2.24, 2.45) is 0 Å². The highest BCUT2D eigenvalue weighted by atomic mass is 35.5. The number of fused-ring (bicyclic) bond motifs is 1. The summed E-state index contributed by atoms with van der Waals surface area (Å²) in [5, 5.41) is 6.92. The summed E-state index contributed by atoms with van der Waals surface area (Å²) in [5.41, 5.74) is -0.662. The summed E-state index contributed by atoms with van der Waals surface area (Å²) in [6.07, 6.45) is -2.47. The Morgan fingerprint density at radius 2 is 1.97 bits per heavy atom. The van der Waals surface area contributed by atoms with Gasteiger partial charge in [-0.15, -0.1) is 5.10 Å². The van der Waals surface area contributed by atoms with Crippen LogP contribution in [0.4, 0.5) is 17.6 Å². The van der Waals surface area contributed by atoms with E-state index in [1.807, 2.05) is 6.92 Å². The molecule has 1 saturated heterocycles. The molecule has 0 bridgehead atoms. The monoisotopic (exact) mass is 549 g/mol. The zero-order valence-electron chi connectivity index (χ0n) is 19.0. The Morgan fingerprint density at radius 3 is 2.64 bits per heavy atom. The molecule has 4 heterocycles. The van der Waals surface area contributed by atoms with Crippen LogP contribution in [0.2, 0.25) is 5.02 Å². The Kier molecular flexibility index (Phi) is 7.10. The highest BCUT2D eigenvalue weighted by molar-refractivity contribution is 7.85. The van der Waals surface area contributed by atoms with E-state index in [0.717, 1.165) is 22.8 Å². The van der Waals surface area contributed by atoms with E-state index < -0.39 is 46.6 Å². The van der Waals surface area contributed by atoms with Crippen LogP contribution in [0.5, 0.6) is 17.4 Å². The SMILES string of the molecule is Cc1c(Oc2ncc(Cl)cc2OCC(F)(F)F)cc(F)c2nc(C(=O)NC3(C)CCS(=O)CC3)nn12. The molecule has 0 spiro atoms. The lowest BCUT2D eigenvalue weighted by atomic mass is 9.95. The van der Waals surface area contributed by atoms with Gasteiger partial charge in [0.25, 0.3) is 11.8 Å². The van der Waals surface area contributed by atoms with Crippen LogP contribution in [-0.2, 0) is 10.8 Å². The molecular weight excluding hydrogens is 530 g/mol. The third kappa shape index (κ3) is 5.86. The van der Waals surface area contributed by atoms with Crippen LogP contribution in [0.3, 0.4) is 0 Å². The van der Waals surface area contributed by atoms with Crippen molar-refractivity contribution >= 4 is 34.0 Å². The van der Waals surface area contributed by atoms with Crippen molar-refractivity contribution in [1.29, 1.82) is 0 Å². The molecule has 15 heteroatoms. The molecule has 1 amide bonds. The molecule has 1 aliphatic heterocycles. The highest BCUT2D eigenvalue weighted by Crippen LogP contribution is 2.34. The zero-order chi connectivity index (χ0) is 26.3. The number of halogens is 5. The van der Waals surface area contributed by atoms with Gasteiger partial charge in [-0.05, 0) is 26.7 Å². The van der Waals surface area contributed by atoms with Gasteiger partial charge < -0.3 is 14.8 Å². The Morgan fingerprint density at radius 1 is 1.28 bits per heavy atom. The van der Waals surface area contributed by atoms with E-state index in [1.165, 1.54) is 6.92 Å². The minimum absolute atomic E-state index is 0.00251. The van der Waals surface area contributed by atoms with Crippen molar-refractivity contribution in [3.05, 3.63) is 40.7 Å². The fraction of sp³-hybridized carbons (Fsp3) is 0.429. The van der Waals surface area contributed by atoms with Crippen molar-refractivity contribution in [3.63, 3.8) is 0 Å². The number of amides is 1. The second-order valence-electron chi connectivity index (χ2n) is 8.44. The minimum Gasteiger partial charge on any atom is -0.478 e. The van der Waals surface area contributed by atoms with E-state index in [-0.39, 0.29) is 33.8 Å². The first kappa shape index (κ1) is 26.1. The second-order valence-corrected chi connectivity index (χ2v) is 10.6. The number of pyridine rings is 2. The summed E-state index contributed by atoms with van der Waals surface area (Å²) in [4.78, 5) is 20.6. The number of carbonyl (C=O) groups is 1. The molecule has 0 radical (unpaired) electrons. The molecule has 1 N–H and O–H groups in total. The number of ether oxygens (including phenoxy) is 2. The van der Waals surface area contributed by atoms with Crippen molar-refractivity contribution in [3.8, 4) is 17.4 Å². The normalized spacial score (nSPS) is 20.4. The van der Waals surface area contributed by atoms with Gasteiger partial charge in [0, 0.05) is 46.2 Å². The average Bonchev–Trinajstić information content (AvgIpc) is 3.26. The Bertz CT molecular complexity index is 1340. The number of alkyl halides is 3. The minimum atomic E-state index is -4.62. The van der Waals surface area contributed by atoms with E-state index in [9.17, 15) is 26.6 Å². The molecule has 3 aromatic heterocycles. The van der Waals surface area contributed by atoms with Gasteiger partial charge in [-0.3, -0.25) is 9.00 Å². The topological polar surface area (TPSA) is 108 Å². The van der Waals surface area contributed by atoms with Gasteiger partial charge in [-0.2, -0.15) is 18.2 Å². The van der Waals surface area contributed by atoms with Crippen molar-refractivity contribution in [2.45, 2.75) is 38.4 Å². The first-order valence-electron chi connectivity index (χ1n) is 10.6. The number of aryl methyl sites for hydroxylation is 1. The van der Waals surface area contributed by atoms with Crippen molar-refractivity contribution in [2.75, 3.05) is 18.1 Å².